The summed E-state index contributed by atoms with van der Waals surface area (Å²) in [4.78, 5) is 0. The summed E-state index contributed by atoms with van der Waals surface area (Å²) >= 11 is 0. The molecule has 0 bridgehead atoms. The first-order chi connectivity index (χ1) is 20.2. The summed E-state index contributed by atoms with van der Waals surface area (Å²) in [6.45, 7) is 8.07. The summed E-state index contributed by atoms with van der Waals surface area (Å²) in [6, 6.07) is 40.5. The Kier molecular flexibility index (Phi) is 5.26. The van der Waals surface area contributed by atoms with Gasteiger partial charge in [0, 0.05) is 5.46 Å². The van der Waals surface area contributed by atoms with Crippen LogP contribution >= 0.6 is 0 Å². The smallest absolute Gasteiger partial charge is 0.260 e. The molecule has 2 heterocycles. The van der Waals surface area contributed by atoms with Gasteiger partial charge in [0.05, 0.1) is 0 Å². The van der Waals surface area contributed by atoms with Crippen LogP contribution in [0.15, 0.2) is 128 Å². The van der Waals surface area contributed by atoms with E-state index in [1.807, 2.05) is 30.4 Å². The van der Waals surface area contributed by atoms with Gasteiger partial charge < -0.3 is 9.47 Å². The summed E-state index contributed by atoms with van der Waals surface area (Å²) in [5.74, 6) is 3.43. The van der Waals surface area contributed by atoms with Gasteiger partial charge in [0.15, 0.2) is 0 Å². The van der Waals surface area contributed by atoms with Crippen molar-refractivity contribution in [2.75, 3.05) is 0 Å². The summed E-state index contributed by atoms with van der Waals surface area (Å²) in [7, 11) is 0. The molecule has 0 radical (unpaired) electrons. The molecule has 0 fully saturated rings. The Bertz CT molecular complexity index is 2040. The van der Waals surface area contributed by atoms with Crippen LogP contribution in [0.3, 0.4) is 0 Å². The molecule has 192 valence electrons. The summed E-state index contributed by atoms with van der Waals surface area (Å²) in [6.07, 6.45) is 3.80. The van der Waals surface area contributed by atoms with Gasteiger partial charge in [-0.3, -0.25) is 0 Å². The van der Waals surface area contributed by atoms with Crippen molar-refractivity contribution >= 4 is 46.0 Å². The highest BCUT2D eigenvalue weighted by molar-refractivity contribution is 6.98. The van der Waals surface area contributed by atoms with E-state index >= 15 is 0 Å². The van der Waals surface area contributed by atoms with Gasteiger partial charge in [-0.1, -0.05) is 116 Å². The fourth-order valence-electron chi connectivity index (χ4n) is 6.49. The quantitative estimate of drug-likeness (QED) is 0.216. The van der Waals surface area contributed by atoms with Crippen LogP contribution in [0.2, 0.25) is 0 Å². The molecule has 0 aliphatic carbocycles. The Morgan fingerprint density at radius 3 is 1.85 bits per heavy atom. The van der Waals surface area contributed by atoms with E-state index in [9.17, 15) is 0 Å². The lowest BCUT2D eigenvalue weighted by Gasteiger charge is -2.33. The van der Waals surface area contributed by atoms with E-state index in [-0.39, 0.29) is 6.71 Å². The Morgan fingerprint density at radius 1 is 0.537 bits per heavy atom. The van der Waals surface area contributed by atoms with Gasteiger partial charge in [-0.2, -0.15) is 0 Å². The molecule has 2 nitrogen and oxygen atoms in total. The average Bonchev–Trinajstić information content (AvgIpc) is 3.03. The van der Waals surface area contributed by atoms with E-state index in [2.05, 4.69) is 110 Å². The van der Waals surface area contributed by atoms with Gasteiger partial charge >= 0.3 is 0 Å². The molecule has 0 saturated heterocycles. The van der Waals surface area contributed by atoms with Crippen molar-refractivity contribution in [2.24, 2.45) is 0 Å². The number of rotatable bonds is 4. The number of benzene rings is 6. The highest BCUT2D eigenvalue weighted by Crippen LogP contribution is 2.38. The van der Waals surface area contributed by atoms with Crippen LogP contribution in [0.5, 0.6) is 23.0 Å². The maximum Gasteiger partial charge on any atom is 0.260 e. The molecule has 0 spiro atoms. The molecule has 3 heteroatoms. The predicted molar refractivity (Wildman–Crippen MR) is 173 cm³/mol. The molecule has 0 N–H and O–H groups in total. The first-order valence-corrected chi connectivity index (χ1v) is 13.9. The Hall–Kier alpha value is -5.28. The molecule has 8 rings (SSSR count). The topological polar surface area (TPSA) is 18.5 Å². The van der Waals surface area contributed by atoms with Crippen LogP contribution < -0.4 is 25.9 Å². The molecule has 0 unspecified atom stereocenters. The third-order valence-corrected chi connectivity index (χ3v) is 8.37. The number of hydrogen-bond donors (Lipinski definition) is 0. The minimum Gasteiger partial charge on any atom is -0.458 e. The van der Waals surface area contributed by atoms with Crippen molar-refractivity contribution in [1.29, 1.82) is 0 Å². The molecule has 0 amide bonds. The van der Waals surface area contributed by atoms with Gasteiger partial charge in [0.2, 0.25) is 0 Å². The molecule has 0 saturated carbocycles. The third kappa shape index (κ3) is 3.59. The van der Waals surface area contributed by atoms with E-state index < -0.39 is 0 Å². The zero-order valence-corrected chi connectivity index (χ0v) is 22.4. The van der Waals surface area contributed by atoms with Crippen LogP contribution in [0.25, 0.3) is 45.2 Å². The van der Waals surface area contributed by atoms with Gasteiger partial charge in [-0.25, -0.2) is 0 Å². The van der Waals surface area contributed by atoms with Crippen LogP contribution in [0, 0.1) is 0 Å². The van der Waals surface area contributed by atoms with Crippen molar-refractivity contribution in [3.63, 3.8) is 0 Å². The van der Waals surface area contributed by atoms with Gasteiger partial charge in [0.1, 0.15) is 23.0 Å². The Balaban J connectivity index is 1.35. The van der Waals surface area contributed by atoms with Crippen molar-refractivity contribution in [3.05, 3.63) is 140 Å². The molecule has 2 aliphatic heterocycles. The van der Waals surface area contributed by atoms with Gasteiger partial charge in [-0.15, -0.1) is 0 Å². The zero-order valence-electron chi connectivity index (χ0n) is 22.4. The summed E-state index contributed by atoms with van der Waals surface area (Å²) < 4.78 is 13.0. The van der Waals surface area contributed by atoms with Crippen LogP contribution in [0.4, 0.5) is 0 Å². The van der Waals surface area contributed by atoms with Crippen LogP contribution in [-0.2, 0) is 0 Å². The van der Waals surface area contributed by atoms with Crippen molar-refractivity contribution in [2.45, 2.75) is 0 Å². The van der Waals surface area contributed by atoms with Crippen LogP contribution in [0.1, 0.15) is 11.1 Å². The minimum atomic E-state index is -0.0293. The average molecular weight is 524 g/mol. The molecule has 6 aromatic rings. The maximum absolute atomic E-state index is 6.49. The van der Waals surface area contributed by atoms with E-state index in [1.165, 1.54) is 21.9 Å². The van der Waals surface area contributed by atoms with E-state index in [4.69, 9.17) is 9.47 Å². The Morgan fingerprint density at radius 2 is 1.15 bits per heavy atom. The fraction of sp³-hybridized carbons (Fsp3) is 0. The largest absolute Gasteiger partial charge is 0.458 e. The molecular formula is C38H25BO2. The second-order valence-electron chi connectivity index (χ2n) is 10.6. The monoisotopic (exact) mass is 524 g/mol. The van der Waals surface area contributed by atoms with Crippen molar-refractivity contribution in [1.82, 2.24) is 0 Å². The lowest BCUT2D eigenvalue weighted by molar-refractivity contribution is 0.464. The second-order valence-corrected chi connectivity index (χ2v) is 10.6. The first kappa shape index (κ1) is 23.6. The summed E-state index contributed by atoms with van der Waals surface area (Å²) in [5.41, 5.74) is 10.1. The zero-order chi connectivity index (χ0) is 27.5. The second kappa shape index (κ2) is 9.14. The molecule has 0 atom stereocenters. The van der Waals surface area contributed by atoms with Gasteiger partial charge in [-0.05, 0) is 79.3 Å². The highest BCUT2D eigenvalue weighted by Gasteiger charge is 2.40. The number of ether oxygens (including phenoxy) is 2. The fourth-order valence-corrected chi connectivity index (χ4v) is 6.49. The van der Waals surface area contributed by atoms with Crippen molar-refractivity contribution < 1.29 is 9.47 Å². The molecule has 6 aromatic carbocycles. The normalized spacial score (nSPS) is 12.4. The predicted octanol–water partition coefficient (Wildman–Crippen LogP) is 8.19. The maximum atomic E-state index is 6.49. The number of fused-ring (bicyclic) bond motifs is 5. The molecular weight excluding hydrogens is 499 g/mol. The SMILES string of the molecule is C=Cc1cccc(-c2ccc3c(c2)B2c4cc(-c5cccc6ccccc56)ccc4Oc4cccc(c42)O3)c1C=C. The van der Waals surface area contributed by atoms with Gasteiger partial charge in [0.25, 0.3) is 6.71 Å². The summed E-state index contributed by atoms with van der Waals surface area (Å²) in [5, 5.41) is 2.47. The molecule has 0 aromatic heterocycles. The molecule has 41 heavy (non-hydrogen) atoms. The lowest BCUT2D eigenvalue weighted by Crippen LogP contribution is -2.57. The number of hydrogen-bond acceptors (Lipinski definition) is 2. The third-order valence-electron chi connectivity index (χ3n) is 8.37. The van der Waals surface area contributed by atoms with E-state index in [1.54, 1.807) is 0 Å². The first-order valence-electron chi connectivity index (χ1n) is 13.9. The van der Waals surface area contributed by atoms with E-state index in [0.717, 1.165) is 61.6 Å². The highest BCUT2D eigenvalue weighted by atomic mass is 16.5. The van der Waals surface area contributed by atoms with Crippen molar-refractivity contribution in [3.8, 4) is 45.3 Å². The lowest BCUT2D eigenvalue weighted by atomic mass is 9.34. The molecule has 2 aliphatic rings. The minimum absolute atomic E-state index is 0.0293. The standard InChI is InChI=1S/C38H25BO2/c1-3-24-11-7-14-30(28(24)4-2)26-18-20-34-32(22-26)39-33-23-27(31-15-8-12-25-10-5-6-13-29(25)31)19-21-35(33)41-37-17-9-16-36(40-34)38(37)39/h3-23H,1-2H2. The Labute approximate surface area is 239 Å². The van der Waals surface area contributed by atoms with E-state index in [0.29, 0.717) is 0 Å². The van der Waals surface area contributed by atoms with Crippen LogP contribution in [-0.4, -0.2) is 6.71 Å².